The Hall–Kier alpha value is -1.52. The molecular formula is C4H4N4O. The van der Waals surface area contributed by atoms with E-state index in [1.54, 1.807) is 0 Å². The quantitative estimate of drug-likeness (QED) is 0.509. The van der Waals surface area contributed by atoms with Crippen LogP contribution in [0.15, 0.2) is 12.4 Å². The molecule has 2 heterocycles. The average Bonchev–Trinajstić information content (AvgIpc) is 2.35. The Morgan fingerprint density at radius 1 is 1.56 bits per heavy atom. The first-order valence-corrected chi connectivity index (χ1v) is 2.44. The molecule has 0 amide bonds. The van der Waals surface area contributed by atoms with Crippen LogP contribution >= 0.6 is 0 Å². The molecule has 0 aromatic carbocycles. The highest BCUT2D eigenvalue weighted by molar-refractivity contribution is 5.36. The lowest BCUT2D eigenvalue weighted by Gasteiger charge is -1.81. The van der Waals surface area contributed by atoms with Crippen LogP contribution in [0.3, 0.4) is 0 Å². The molecule has 0 atom stereocenters. The number of aromatic hydroxyl groups is 1. The van der Waals surface area contributed by atoms with E-state index in [1.165, 1.54) is 16.9 Å². The van der Waals surface area contributed by atoms with Crippen molar-refractivity contribution in [1.29, 1.82) is 0 Å². The molecule has 9 heavy (non-hydrogen) atoms. The van der Waals surface area contributed by atoms with E-state index in [0.29, 0.717) is 5.65 Å². The Kier molecular flexibility index (Phi) is 0.606. The number of H-pyrrole nitrogens is 1. The van der Waals surface area contributed by atoms with Gasteiger partial charge in [-0.15, -0.1) is 0 Å². The molecule has 46 valence electrons. The number of imidazole rings is 1. The summed E-state index contributed by atoms with van der Waals surface area (Å²) in [6.07, 6.45) is 2.88. The summed E-state index contributed by atoms with van der Waals surface area (Å²) in [5.41, 5.74) is 0.618. The minimum Gasteiger partial charge on any atom is -0.492 e. The highest BCUT2D eigenvalue weighted by atomic mass is 16.3. The zero-order chi connectivity index (χ0) is 6.27. The van der Waals surface area contributed by atoms with Gasteiger partial charge in [0.15, 0.2) is 5.65 Å². The Balaban J connectivity index is 2.99. The maximum Gasteiger partial charge on any atom is 0.232 e. The Labute approximate surface area is 49.9 Å². The molecule has 2 aromatic heterocycles. The average molecular weight is 124 g/mol. The first kappa shape index (κ1) is 4.37. The first-order chi connectivity index (χ1) is 4.38. The summed E-state index contributed by atoms with van der Waals surface area (Å²) in [6.45, 7) is 0. The molecule has 0 fully saturated rings. The molecule has 0 radical (unpaired) electrons. The van der Waals surface area contributed by atoms with Crippen LogP contribution in [0.4, 0.5) is 0 Å². The number of aromatic nitrogens is 4. The van der Waals surface area contributed by atoms with Gasteiger partial charge in [0.2, 0.25) is 5.88 Å². The van der Waals surface area contributed by atoms with Crippen molar-refractivity contribution in [3.8, 4) is 5.88 Å². The van der Waals surface area contributed by atoms with E-state index in [1.807, 2.05) is 0 Å². The molecule has 0 spiro atoms. The zero-order valence-corrected chi connectivity index (χ0v) is 4.44. The van der Waals surface area contributed by atoms with Gasteiger partial charge in [0, 0.05) is 0 Å². The normalized spacial score (nSPS) is 10.7. The summed E-state index contributed by atoms with van der Waals surface area (Å²) >= 11 is 0. The van der Waals surface area contributed by atoms with Crippen LogP contribution in [0.2, 0.25) is 0 Å². The number of fused-ring (bicyclic) bond motifs is 1. The highest BCUT2D eigenvalue weighted by Gasteiger charge is 1.98. The molecule has 0 unspecified atom stereocenters. The van der Waals surface area contributed by atoms with Crippen molar-refractivity contribution in [1.82, 2.24) is 19.8 Å². The van der Waals surface area contributed by atoms with Crippen LogP contribution in [0.5, 0.6) is 5.88 Å². The molecule has 5 heteroatoms. The van der Waals surface area contributed by atoms with Gasteiger partial charge in [-0.25, -0.2) is 10.2 Å². The van der Waals surface area contributed by atoms with Crippen LogP contribution in [-0.4, -0.2) is 24.9 Å². The summed E-state index contributed by atoms with van der Waals surface area (Å²) in [7, 11) is 0. The first-order valence-electron chi connectivity index (χ1n) is 2.44. The third kappa shape index (κ3) is 0.426. The SMILES string of the molecule is Oc1cnc2cn[nH]n12. The lowest BCUT2D eigenvalue weighted by molar-refractivity contribution is 0.437. The lowest BCUT2D eigenvalue weighted by atomic mass is 10.8. The Morgan fingerprint density at radius 2 is 2.44 bits per heavy atom. The van der Waals surface area contributed by atoms with Gasteiger partial charge in [-0.2, -0.15) is 9.61 Å². The second-order valence-corrected chi connectivity index (χ2v) is 1.67. The van der Waals surface area contributed by atoms with Gasteiger partial charge in [0.05, 0.1) is 12.4 Å². The summed E-state index contributed by atoms with van der Waals surface area (Å²) in [5, 5.41) is 15.1. The maximum atomic E-state index is 8.93. The van der Waals surface area contributed by atoms with Crippen molar-refractivity contribution < 1.29 is 5.11 Å². The van der Waals surface area contributed by atoms with Crippen molar-refractivity contribution in [2.45, 2.75) is 0 Å². The van der Waals surface area contributed by atoms with E-state index < -0.39 is 0 Å². The largest absolute Gasteiger partial charge is 0.492 e. The molecule has 0 aliphatic rings. The van der Waals surface area contributed by atoms with Crippen LogP contribution in [-0.2, 0) is 0 Å². The number of rotatable bonds is 0. The van der Waals surface area contributed by atoms with Crippen LogP contribution in [0.1, 0.15) is 0 Å². The Morgan fingerprint density at radius 3 is 3.22 bits per heavy atom. The third-order valence-corrected chi connectivity index (χ3v) is 1.11. The second-order valence-electron chi connectivity index (χ2n) is 1.67. The minimum atomic E-state index is 0.0718. The lowest BCUT2D eigenvalue weighted by Crippen LogP contribution is -1.80. The molecule has 0 saturated heterocycles. The minimum absolute atomic E-state index is 0.0718. The van der Waals surface area contributed by atoms with Gasteiger partial charge in [-0.1, -0.05) is 0 Å². The van der Waals surface area contributed by atoms with Crippen LogP contribution in [0, 0.1) is 0 Å². The molecular weight excluding hydrogens is 120 g/mol. The van der Waals surface area contributed by atoms with Crippen molar-refractivity contribution in [3.05, 3.63) is 12.4 Å². The van der Waals surface area contributed by atoms with E-state index in [0.717, 1.165) is 0 Å². The van der Waals surface area contributed by atoms with Gasteiger partial charge in [-0.3, -0.25) is 0 Å². The molecule has 0 aliphatic heterocycles. The summed E-state index contributed by atoms with van der Waals surface area (Å²) in [5.74, 6) is 0.0718. The smallest absolute Gasteiger partial charge is 0.232 e. The summed E-state index contributed by atoms with van der Waals surface area (Å²) in [6, 6.07) is 0. The van der Waals surface area contributed by atoms with Crippen LogP contribution in [0.25, 0.3) is 5.65 Å². The molecule has 0 bridgehead atoms. The van der Waals surface area contributed by atoms with Crippen molar-refractivity contribution >= 4 is 5.65 Å². The van der Waals surface area contributed by atoms with Gasteiger partial charge in [0.25, 0.3) is 0 Å². The topological polar surface area (TPSA) is 66.2 Å². The van der Waals surface area contributed by atoms with Crippen molar-refractivity contribution in [3.63, 3.8) is 0 Å². The number of nitrogens with one attached hydrogen (secondary N) is 1. The van der Waals surface area contributed by atoms with E-state index in [9.17, 15) is 0 Å². The van der Waals surface area contributed by atoms with Gasteiger partial charge in [0.1, 0.15) is 0 Å². The Bertz CT molecular complexity index is 322. The molecule has 2 rings (SSSR count). The molecule has 2 aromatic rings. The highest BCUT2D eigenvalue weighted by Crippen LogP contribution is 2.07. The molecule has 0 saturated carbocycles. The fourth-order valence-corrected chi connectivity index (χ4v) is 0.695. The predicted molar refractivity (Wildman–Crippen MR) is 29.0 cm³/mol. The van der Waals surface area contributed by atoms with Gasteiger partial charge >= 0.3 is 0 Å². The van der Waals surface area contributed by atoms with E-state index in [4.69, 9.17) is 5.11 Å². The summed E-state index contributed by atoms with van der Waals surface area (Å²) in [4.78, 5) is 3.80. The monoisotopic (exact) mass is 124 g/mol. The molecule has 0 aliphatic carbocycles. The fraction of sp³-hybridized carbons (Fsp3) is 0. The number of hydrogen-bond acceptors (Lipinski definition) is 3. The van der Waals surface area contributed by atoms with Gasteiger partial charge in [-0.05, 0) is 0 Å². The fourth-order valence-electron chi connectivity index (χ4n) is 0.695. The predicted octanol–water partition coefficient (Wildman–Crippen LogP) is -0.237. The standard InChI is InChI=1S/C4H4N4O/c9-4-2-5-3-1-6-7-8(3)4/h1-2,7,9H. The van der Waals surface area contributed by atoms with Crippen molar-refractivity contribution in [2.24, 2.45) is 0 Å². The maximum absolute atomic E-state index is 8.93. The van der Waals surface area contributed by atoms with Crippen LogP contribution < -0.4 is 0 Å². The van der Waals surface area contributed by atoms with E-state index in [2.05, 4.69) is 15.3 Å². The van der Waals surface area contributed by atoms with E-state index >= 15 is 0 Å². The molecule has 5 nitrogen and oxygen atoms in total. The summed E-state index contributed by atoms with van der Waals surface area (Å²) < 4.78 is 1.38. The second kappa shape index (κ2) is 1.25. The molecule has 2 N–H and O–H groups in total. The number of aromatic amines is 1. The number of hydrogen-bond donors (Lipinski definition) is 2. The number of nitrogens with zero attached hydrogens (tertiary/aromatic N) is 3. The van der Waals surface area contributed by atoms with Crippen molar-refractivity contribution in [2.75, 3.05) is 0 Å². The zero-order valence-electron chi connectivity index (χ0n) is 4.44. The third-order valence-electron chi connectivity index (χ3n) is 1.11. The van der Waals surface area contributed by atoms with Gasteiger partial charge < -0.3 is 5.11 Å². The van der Waals surface area contributed by atoms with E-state index in [-0.39, 0.29) is 5.88 Å².